The van der Waals surface area contributed by atoms with Crippen molar-refractivity contribution in [1.82, 2.24) is 4.57 Å². The van der Waals surface area contributed by atoms with Crippen LogP contribution in [0.3, 0.4) is 0 Å². The molecule has 5 heteroatoms. The van der Waals surface area contributed by atoms with Crippen LogP contribution in [0, 0.1) is 35.3 Å². The first-order valence-electron chi connectivity index (χ1n) is 9.47. The van der Waals surface area contributed by atoms with Crippen LogP contribution in [0.5, 0.6) is 0 Å². The van der Waals surface area contributed by atoms with E-state index in [2.05, 4.69) is 48.7 Å². The standard InChI is InChI=1S/C24H23N3O2/c1-16(2)19-8-10-23(11-9-19)26-17(3)12-21(18(26)4)13-22(15-25)20-6-5-7-24(14-20)27(28)29/h5-14,16H,1-4H3. The molecule has 29 heavy (non-hydrogen) atoms. The lowest BCUT2D eigenvalue weighted by Crippen LogP contribution is -1.99. The van der Waals surface area contributed by atoms with E-state index >= 15 is 0 Å². The van der Waals surface area contributed by atoms with Gasteiger partial charge in [0.15, 0.2) is 0 Å². The van der Waals surface area contributed by atoms with Crippen LogP contribution in [0.2, 0.25) is 0 Å². The molecule has 3 aromatic rings. The SMILES string of the molecule is Cc1cc(C=C(C#N)c2cccc([N+](=O)[O-])c2)c(C)n1-c1ccc(C(C)C)cc1. The van der Waals surface area contributed by atoms with Crippen molar-refractivity contribution in [2.24, 2.45) is 0 Å². The van der Waals surface area contributed by atoms with Gasteiger partial charge < -0.3 is 4.57 Å². The van der Waals surface area contributed by atoms with E-state index < -0.39 is 4.92 Å². The Hall–Kier alpha value is -3.65. The second-order valence-electron chi connectivity index (χ2n) is 7.39. The first-order chi connectivity index (χ1) is 13.8. The van der Waals surface area contributed by atoms with Gasteiger partial charge in [0.2, 0.25) is 0 Å². The molecule has 0 atom stereocenters. The highest BCUT2D eigenvalue weighted by molar-refractivity contribution is 5.90. The number of nitro groups is 1. The van der Waals surface area contributed by atoms with E-state index in [4.69, 9.17) is 0 Å². The van der Waals surface area contributed by atoms with Crippen molar-refractivity contribution in [3.8, 4) is 11.8 Å². The monoisotopic (exact) mass is 385 g/mol. The molecule has 0 bridgehead atoms. The van der Waals surface area contributed by atoms with Gasteiger partial charge in [-0.1, -0.05) is 38.1 Å². The first kappa shape index (κ1) is 20.1. The number of nitrogens with zero attached hydrogens (tertiary/aromatic N) is 3. The Labute approximate surface area is 170 Å². The smallest absolute Gasteiger partial charge is 0.270 e. The van der Waals surface area contributed by atoms with Gasteiger partial charge in [-0.05, 0) is 60.7 Å². The predicted molar refractivity (Wildman–Crippen MR) is 116 cm³/mol. The third-order valence-corrected chi connectivity index (χ3v) is 5.08. The predicted octanol–water partition coefficient (Wildman–Crippen LogP) is 6.19. The number of rotatable bonds is 5. The molecule has 0 saturated carbocycles. The zero-order valence-corrected chi connectivity index (χ0v) is 17.0. The van der Waals surface area contributed by atoms with Crippen molar-refractivity contribution < 1.29 is 4.92 Å². The zero-order chi connectivity index (χ0) is 21.1. The number of nitriles is 1. The first-order valence-corrected chi connectivity index (χ1v) is 9.47. The number of hydrogen-bond acceptors (Lipinski definition) is 3. The van der Waals surface area contributed by atoms with E-state index in [0.717, 1.165) is 22.6 Å². The normalized spacial score (nSPS) is 11.5. The maximum atomic E-state index is 11.0. The highest BCUT2D eigenvalue weighted by atomic mass is 16.6. The second-order valence-corrected chi connectivity index (χ2v) is 7.39. The Morgan fingerprint density at radius 1 is 1.14 bits per heavy atom. The number of benzene rings is 2. The van der Waals surface area contributed by atoms with Crippen LogP contribution in [-0.2, 0) is 0 Å². The van der Waals surface area contributed by atoms with Crippen molar-refractivity contribution in [2.45, 2.75) is 33.6 Å². The minimum Gasteiger partial charge on any atom is -0.318 e. The van der Waals surface area contributed by atoms with Gasteiger partial charge in [-0.15, -0.1) is 0 Å². The lowest BCUT2D eigenvalue weighted by atomic mass is 10.0. The van der Waals surface area contributed by atoms with Crippen LogP contribution < -0.4 is 0 Å². The van der Waals surface area contributed by atoms with Crippen molar-refractivity contribution in [1.29, 1.82) is 5.26 Å². The van der Waals surface area contributed by atoms with Gasteiger partial charge in [-0.3, -0.25) is 10.1 Å². The summed E-state index contributed by atoms with van der Waals surface area (Å²) in [6.07, 6.45) is 1.79. The molecule has 0 saturated heterocycles. The lowest BCUT2D eigenvalue weighted by Gasteiger charge is -2.12. The third kappa shape index (κ3) is 4.12. The summed E-state index contributed by atoms with van der Waals surface area (Å²) >= 11 is 0. The van der Waals surface area contributed by atoms with E-state index in [9.17, 15) is 15.4 Å². The van der Waals surface area contributed by atoms with Crippen molar-refractivity contribution in [2.75, 3.05) is 0 Å². The van der Waals surface area contributed by atoms with Crippen molar-refractivity contribution in [3.05, 3.63) is 92.8 Å². The molecule has 2 aromatic carbocycles. The zero-order valence-electron chi connectivity index (χ0n) is 17.0. The molecule has 0 N–H and O–H groups in total. The average molecular weight is 385 g/mol. The van der Waals surface area contributed by atoms with E-state index in [1.54, 1.807) is 18.2 Å². The van der Waals surface area contributed by atoms with Gasteiger partial charge >= 0.3 is 0 Å². The molecule has 1 heterocycles. The quantitative estimate of drug-likeness (QED) is 0.299. The molecular weight excluding hydrogens is 362 g/mol. The van der Waals surface area contributed by atoms with Gasteiger partial charge in [0.05, 0.1) is 16.6 Å². The Morgan fingerprint density at radius 3 is 2.41 bits per heavy atom. The minimum atomic E-state index is -0.453. The number of nitro benzene ring substituents is 1. The molecule has 0 aliphatic heterocycles. The van der Waals surface area contributed by atoms with Gasteiger partial charge in [-0.2, -0.15) is 5.26 Å². The fraction of sp³-hybridized carbons (Fsp3) is 0.208. The third-order valence-electron chi connectivity index (χ3n) is 5.08. The van der Waals surface area contributed by atoms with Gasteiger partial charge in [0, 0.05) is 29.2 Å². The summed E-state index contributed by atoms with van der Waals surface area (Å²) in [6.45, 7) is 8.38. The van der Waals surface area contributed by atoms with E-state index in [-0.39, 0.29) is 5.69 Å². The lowest BCUT2D eigenvalue weighted by molar-refractivity contribution is -0.384. The van der Waals surface area contributed by atoms with Gasteiger partial charge in [-0.25, -0.2) is 0 Å². The van der Waals surface area contributed by atoms with Crippen molar-refractivity contribution >= 4 is 17.3 Å². The Morgan fingerprint density at radius 2 is 1.83 bits per heavy atom. The highest BCUT2D eigenvalue weighted by Crippen LogP contribution is 2.27. The number of allylic oxidation sites excluding steroid dienone is 1. The molecule has 0 aliphatic rings. The van der Waals surface area contributed by atoms with Crippen LogP contribution in [0.4, 0.5) is 5.69 Å². The molecule has 1 aromatic heterocycles. The molecule has 146 valence electrons. The number of non-ortho nitro benzene ring substituents is 1. The molecule has 0 aliphatic carbocycles. The highest BCUT2D eigenvalue weighted by Gasteiger charge is 2.13. The second kappa shape index (κ2) is 8.15. The maximum absolute atomic E-state index is 11.0. The molecular formula is C24H23N3O2. The summed E-state index contributed by atoms with van der Waals surface area (Å²) < 4.78 is 2.15. The van der Waals surface area contributed by atoms with Crippen LogP contribution in [0.15, 0.2) is 54.6 Å². The molecule has 0 amide bonds. The molecule has 0 radical (unpaired) electrons. The Balaban J connectivity index is 2.04. The van der Waals surface area contributed by atoms with Crippen LogP contribution >= 0.6 is 0 Å². The molecule has 0 unspecified atom stereocenters. The van der Waals surface area contributed by atoms with Gasteiger partial charge in [0.1, 0.15) is 0 Å². The average Bonchev–Trinajstić information content (AvgIpc) is 2.99. The number of hydrogen-bond donors (Lipinski definition) is 0. The Bertz CT molecular complexity index is 1130. The summed E-state index contributed by atoms with van der Waals surface area (Å²) in [6, 6.07) is 18.9. The minimum absolute atomic E-state index is 0.0284. The number of aromatic nitrogens is 1. The summed E-state index contributed by atoms with van der Waals surface area (Å²) in [5.41, 5.74) is 6.24. The summed E-state index contributed by atoms with van der Waals surface area (Å²) in [5.74, 6) is 0.475. The molecule has 5 nitrogen and oxygen atoms in total. The fourth-order valence-corrected chi connectivity index (χ4v) is 3.46. The fourth-order valence-electron chi connectivity index (χ4n) is 3.46. The van der Waals surface area contributed by atoms with E-state index in [1.807, 2.05) is 19.9 Å². The topological polar surface area (TPSA) is 71.9 Å². The van der Waals surface area contributed by atoms with E-state index in [0.29, 0.717) is 17.1 Å². The summed E-state index contributed by atoms with van der Waals surface area (Å²) in [4.78, 5) is 10.6. The van der Waals surface area contributed by atoms with Crippen LogP contribution in [0.25, 0.3) is 17.3 Å². The Kier molecular flexibility index (Phi) is 5.65. The maximum Gasteiger partial charge on any atom is 0.270 e. The molecule has 0 spiro atoms. The summed E-state index contributed by atoms with van der Waals surface area (Å²) in [5, 5.41) is 20.7. The molecule has 3 rings (SSSR count). The van der Waals surface area contributed by atoms with Crippen LogP contribution in [-0.4, -0.2) is 9.49 Å². The molecule has 0 fully saturated rings. The van der Waals surface area contributed by atoms with Crippen molar-refractivity contribution in [3.63, 3.8) is 0 Å². The van der Waals surface area contributed by atoms with Crippen LogP contribution in [0.1, 0.15) is 47.8 Å². The number of aryl methyl sites for hydroxylation is 1. The summed E-state index contributed by atoms with van der Waals surface area (Å²) in [7, 11) is 0. The van der Waals surface area contributed by atoms with E-state index in [1.165, 1.54) is 17.7 Å². The van der Waals surface area contributed by atoms with Gasteiger partial charge in [0.25, 0.3) is 5.69 Å². The largest absolute Gasteiger partial charge is 0.318 e.